The molecule has 0 saturated carbocycles. The van der Waals surface area contributed by atoms with Crippen LogP contribution < -0.4 is 0 Å². The smallest absolute Gasteiger partial charge is 0.341 e. The number of carbonyl (C=O) groups excluding carboxylic acids is 1. The van der Waals surface area contributed by atoms with E-state index in [4.69, 9.17) is 4.74 Å². The number of rotatable bonds is 13. The van der Waals surface area contributed by atoms with E-state index in [0.717, 1.165) is 23.6 Å². The van der Waals surface area contributed by atoms with E-state index in [1.165, 1.54) is 57.8 Å². The number of carbonyl (C=O) groups is 1. The third-order valence-corrected chi connectivity index (χ3v) is 5.06. The predicted octanol–water partition coefficient (Wildman–Crippen LogP) is 7.01. The minimum atomic E-state index is -0.440. The second-order valence-electron chi connectivity index (χ2n) is 7.39. The molecule has 148 valence electrons. The van der Waals surface area contributed by atoms with Gasteiger partial charge in [-0.3, -0.25) is 0 Å². The molecule has 0 spiro atoms. The molecule has 0 heterocycles. The van der Waals surface area contributed by atoms with E-state index < -0.39 is 5.97 Å². The van der Waals surface area contributed by atoms with Crippen molar-refractivity contribution in [2.75, 3.05) is 6.61 Å². The minimum Gasteiger partial charge on any atom is -0.507 e. The van der Waals surface area contributed by atoms with Gasteiger partial charge in [-0.15, -0.1) is 0 Å². The number of unbranched alkanes of at least 4 members (excludes halogenated alkanes) is 10. The summed E-state index contributed by atoms with van der Waals surface area (Å²) < 4.78 is 5.34. The number of esters is 1. The first-order valence-corrected chi connectivity index (χ1v) is 10.6. The highest BCUT2D eigenvalue weighted by molar-refractivity contribution is 5.98. The second-order valence-corrected chi connectivity index (χ2v) is 7.39. The van der Waals surface area contributed by atoms with Crippen LogP contribution in [-0.2, 0) is 4.74 Å². The van der Waals surface area contributed by atoms with Crippen LogP contribution in [0.4, 0.5) is 0 Å². The summed E-state index contributed by atoms with van der Waals surface area (Å²) in [5, 5.41) is 11.9. The van der Waals surface area contributed by atoms with Crippen LogP contribution in [0.2, 0.25) is 0 Å². The Morgan fingerprint density at radius 2 is 1.33 bits per heavy atom. The molecular weight excluding hydrogens is 336 g/mol. The van der Waals surface area contributed by atoms with Crippen molar-refractivity contribution < 1.29 is 14.6 Å². The fraction of sp³-hybridized carbons (Fsp3) is 0.542. The van der Waals surface area contributed by atoms with Gasteiger partial charge in [0.2, 0.25) is 0 Å². The van der Waals surface area contributed by atoms with Crippen molar-refractivity contribution in [3.8, 4) is 5.75 Å². The molecule has 0 aliphatic rings. The zero-order valence-corrected chi connectivity index (χ0v) is 16.7. The maximum Gasteiger partial charge on any atom is 0.341 e. The Morgan fingerprint density at radius 1 is 0.815 bits per heavy atom. The number of phenols is 1. The SMILES string of the molecule is CCCCCCCCCCCCCOC(=O)c1cc2ccccc2cc1O. The van der Waals surface area contributed by atoms with E-state index in [9.17, 15) is 9.90 Å². The lowest BCUT2D eigenvalue weighted by Crippen LogP contribution is -2.07. The lowest BCUT2D eigenvalue weighted by atomic mass is 10.1. The van der Waals surface area contributed by atoms with Crippen molar-refractivity contribution >= 4 is 16.7 Å². The molecule has 1 N–H and O–H groups in total. The van der Waals surface area contributed by atoms with Crippen molar-refractivity contribution in [2.45, 2.75) is 77.6 Å². The number of aromatic hydroxyl groups is 1. The van der Waals surface area contributed by atoms with Gasteiger partial charge in [0, 0.05) is 0 Å². The van der Waals surface area contributed by atoms with Crippen LogP contribution in [0.1, 0.15) is 87.9 Å². The fourth-order valence-electron chi connectivity index (χ4n) is 3.40. The molecule has 2 aromatic carbocycles. The number of hydrogen-bond donors (Lipinski definition) is 1. The van der Waals surface area contributed by atoms with Gasteiger partial charge < -0.3 is 9.84 Å². The van der Waals surface area contributed by atoms with Crippen LogP contribution in [0.25, 0.3) is 10.8 Å². The Kier molecular flexibility index (Phi) is 9.75. The Balaban J connectivity index is 1.57. The molecule has 0 bridgehead atoms. The second kappa shape index (κ2) is 12.4. The van der Waals surface area contributed by atoms with Crippen LogP contribution in [0.3, 0.4) is 0 Å². The first kappa shape index (κ1) is 21.3. The highest BCUT2D eigenvalue weighted by Crippen LogP contribution is 2.25. The minimum absolute atomic E-state index is 0.0161. The van der Waals surface area contributed by atoms with E-state index in [-0.39, 0.29) is 11.3 Å². The molecule has 0 atom stereocenters. The van der Waals surface area contributed by atoms with Crippen molar-refractivity contribution in [1.82, 2.24) is 0 Å². The summed E-state index contributed by atoms with van der Waals surface area (Å²) in [4.78, 5) is 12.2. The van der Waals surface area contributed by atoms with E-state index in [0.29, 0.717) is 6.61 Å². The number of benzene rings is 2. The molecule has 0 aliphatic heterocycles. The van der Waals surface area contributed by atoms with Crippen molar-refractivity contribution in [2.24, 2.45) is 0 Å². The van der Waals surface area contributed by atoms with E-state index in [1.54, 1.807) is 12.1 Å². The van der Waals surface area contributed by atoms with Crippen LogP contribution in [-0.4, -0.2) is 17.7 Å². The van der Waals surface area contributed by atoms with Crippen molar-refractivity contribution in [3.05, 3.63) is 42.0 Å². The molecule has 0 saturated heterocycles. The summed E-state index contributed by atoms with van der Waals surface area (Å²) in [5.74, 6) is -0.456. The molecule has 0 amide bonds. The number of ether oxygens (including phenoxy) is 1. The van der Waals surface area contributed by atoms with Gasteiger partial charge in [-0.1, -0.05) is 95.4 Å². The summed E-state index contributed by atoms with van der Waals surface area (Å²) in [6.45, 7) is 2.67. The molecular formula is C24H34O3. The Morgan fingerprint density at radius 3 is 1.93 bits per heavy atom. The molecule has 0 unspecified atom stereocenters. The maximum absolute atomic E-state index is 12.2. The number of fused-ring (bicyclic) bond motifs is 1. The quantitative estimate of drug-likeness (QED) is 0.304. The first-order chi connectivity index (χ1) is 13.2. The van der Waals surface area contributed by atoms with Gasteiger partial charge in [0.05, 0.1) is 6.61 Å². The third-order valence-electron chi connectivity index (χ3n) is 5.06. The summed E-state index contributed by atoms with van der Waals surface area (Å²) in [7, 11) is 0. The molecule has 2 rings (SSSR count). The van der Waals surface area contributed by atoms with Gasteiger partial charge in [-0.05, 0) is 29.3 Å². The Bertz CT molecular complexity index is 693. The lowest BCUT2D eigenvalue weighted by molar-refractivity contribution is 0.0494. The summed E-state index contributed by atoms with van der Waals surface area (Å²) in [6, 6.07) is 11.0. The van der Waals surface area contributed by atoms with E-state index in [1.807, 2.05) is 24.3 Å². The monoisotopic (exact) mass is 370 g/mol. The third kappa shape index (κ3) is 7.62. The fourth-order valence-corrected chi connectivity index (χ4v) is 3.40. The summed E-state index contributed by atoms with van der Waals surface area (Å²) >= 11 is 0. The van der Waals surface area contributed by atoms with Crippen LogP contribution in [0.5, 0.6) is 5.75 Å². The van der Waals surface area contributed by atoms with Gasteiger partial charge in [0.1, 0.15) is 11.3 Å². The molecule has 3 nitrogen and oxygen atoms in total. The lowest BCUT2D eigenvalue weighted by Gasteiger charge is -2.08. The van der Waals surface area contributed by atoms with Crippen LogP contribution >= 0.6 is 0 Å². The van der Waals surface area contributed by atoms with Gasteiger partial charge in [-0.2, -0.15) is 0 Å². The topological polar surface area (TPSA) is 46.5 Å². The molecule has 0 aromatic heterocycles. The van der Waals surface area contributed by atoms with Gasteiger partial charge in [-0.25, -0.2) is 4.79 Å². The van der Waals surface area contributed by atoms with Gasteiger partial charge >= 0.3 is 5.97 Å². The Labute approximate surface area is 163 Å². The predicted molar refractivity (Wildman–Crippen MR) is 112 cm³/mol. The number of phenolic OH excluding ortho intramolecular Hbond substituents is 1. The van der Waals surface area contributed by atoms with Gasteiger partial charge in [0.15, 0.2) is 0 Å². The van der Waals surface area contributed by atoms with Crippen LogP contribution in [0.15, 0.2) is 36.4 Å². The molecule has 27 heavy (non-hydrogen) atoms. The van der Waals surface area contributed by atoms with Crippen molar-refractivity contribution in [3.63, 3.8) is 0 Å². The average molecular weight is 371 g/mol. The largest absolute Gasteiger partial charge is 0.507 e. The molecule has 0 aliphatic carbocycles. The highest BCUT2D eigenvalue weighted by Gasteiger charge is 2.13. The molecule has 3 heteroatoms. The summed E-state index contributed by atoms with van der Waals surface area (Å²) in [5.41, 5.74) is 0.247. The van der Waals surface area contributed by atoms with Crippen LogP contribution in [0, 0.1) is 0 Å². The highest BCUT2D eigenvalue weighted by atomic mass is 16.5. The van der Waals surface area contributed by atoms with E-state index in [2.05, 4.69) is 6.92 Å². The first-order valence-electron chi connectivity index (χ1n) is 10.6. The molecule has 0 fully saturated rings. The van der Waals surface area contributed by atoms with Crippen molar-refractivity contribution in [1.29, 1.82) is 0 Å². The average Bonchev–Trinajstić information content (AvgIpc) is 2.68. The van der Waals surface area contributed by atoms with E-state index >= 15 is 0 Å². The standard InChI is InChI=1S/C24H34O3/c1-2-3-4-5-6-7-8-9-10-11-14-17-27-24(26)22-18-20-15-12-13-16-21(20)19-23(22)25/h12-13,15-16,18-19,25H,2-11,14,17H2,1H3. The normalized spacial score (nSPS) is 11.0. The molecule has 0 radical (unpaired) electrons. The Hall–Kier alpha value is -2.03. The summed E-state index contributed by atoms with van der Waals surface area (Å²) in [6.07, 6.45) is 13.9. The maximum atomic E-state index is 12.2. The molecule has 2 aromatic rings. The zero-order valence-electron chi connectivity index (χ0n) is 16.7. The number of hydrogen-bond acceptors (Lipinski definition) is 3. The zero-order chi connectivity index (χ0) is 19.3. The van der Waals surface area contributed by atoms with Gasteiger partial charge in [0.25, 0.3) is 0 Å².